The van der Waals surface area contributed by atoms with E-state index in [4.69, 9.17) is 0 Å². The maximum Gasteiger partial charge on any atom is 0.228 e. The molecule has 0 radical (unpaired) electrons. The monoisotopic (exact) mass is 351 g/mol. The van der Waals surface area contributed by atoms with Crippen LogP contribution in [0.4, 0.5) is 5.82 Å². The van der Waals surface area contributed by atoms with Crippen LogP contribution >= 0.6 is 0 Å². The third-order valence-corrected chi connectivity index (χ3v) is 4.77. The van der Waals surface area contributed by atoms with Crippen LogP contribution < -0.4 is 15.8 Å². The molecule has 1 N–H and O–H groups in total. The zero-order valence-electron chi connectivity index (χ0n) is 15.4. The summed E-state index contributed by atoms with van der Waals surface area (Å²) < 4.78 is 1.67. The lowest BCUT2D eigenvalue weighted by Crippen LogP contribution is -2.28. The Bertz CT molecular complexity index is 922. The lowest BCUT2D eigenvalue weighted by molar-refractivity contribution is -0.120. The SMILES string of the molecule is C=c1cc(NC(=O)C2CCCCC2)nc/c1=C/C=C(\C)c1cn(C)nn1. The van der Waals surface area contributed by atoms with Crippen LogP contribution in [-0.2, 0) is 11.8 Å². The van der Waals surface area contributed by atoms with Gasteiger partial charge in [0.25, 0.3) is 0 Å². The number of aromatic nitrogens is 4. The summed E-state index contributed by atoms with van der Waals surface area (Å²) >= 11 is 0. The number of carbonyl (C=O) groups is 1. The number of nitrogens with one attached hydrogen (secondary N) is 1. The number of pyridine rings is 1. The minimum atomic E-state index is 0.0757. The van der Waals surface area contributed by atoms with Gasteiger partial charge in [-0.3, -0.25) is 9.48 Å². The number of amides is 1. The van der Waals surface area contributed by atoms with E-state index < -0.39 is 0 Å². The first-order valence-corrected chi connectivity index (χ1v) is 9.04. The first kappa shape index (κ1) is 18.0. The van der Waals surface area contributed by atoms with Crippen LogP contribution in [0.5, 0.6) is 0 Å². The van der Waals surface area contributed by atoms with Gasteiger partial charge in [-0.1, -0.05) is 43.2 Å². The predicted molar refractivity (Wildman–Crippen MR) is 103 cm³/mol. The predicted octanol–water partition coefficient (Wildman–Crippen LogP) is 2.02. The molecule has 6 nitrogen and oxygen atoms in total. The van der Waals surface area contributed by atoms with Gasteiger partial charge < -0.3 is 5.32 Å². The van der Waals surface area contributed by atoms with Gasteiger partial charge >= 0.3 is 0 Å². The van der Waals surface area contributed by atoms with Gasteiger partial charge in [0.15, 0.2) is 0 Å². The highest BCUT2D eigenvalue weighted by molar-refractivity contribution is 5.91. The van der Waals surface area contributed by atoms with Gasteiger partial charge in [0.05, 0.1) is 6.20 Å². The fourth-order valence-corrected chi connectivity index (χ4v) is 3.15. The van der Waals surface area contributed by atoms with Gasteiger partial charge in [-0.2, -0.15) is 0 Å². The Morgan fingerprint density at radius 2 is 2.12 bits per heavy atom. The average molecular weight is 351 g/mol. The molecule has 3 rings (SSSR count). The number of hydrogen-bond donors (Lipinski definition) is 1. The van der Waals surface area contributed by atoms with Crippen LogP contribution in [0.1, 0.15) is 44.7 Å². The molecule has 0 atom stereocenters. The molecule has 6 heteroatoms. The highest BCUT2D eigenvalue weighted by Crippen LogP contribution is 2.24. The van der Waals surface area contributed by atoms with Crippen molar-refractivity contribution in [2.24, 2.45) is 13.0 Å². The minimum Gasteiger partial charge on any atom is -0.310 e. The lowest BCUT2D eigenvalue weighted by atomic mass is 9.89. The number of allylic oxidation sites excluding steroid dienone is 2. The van der Waals surface area contributed by atoms with Crippen molar-refractivity contribution in [2.45, 2.75) is 39.0 Å². The van der Waals surface area contributed by atoms with Crippen LogP contribution in [-0.4, -0.2) is 25.9 Å². The number of aryl methyl sites for hydroxylation is 1. The topological polar surface area (TPSA) is 72.7 Å². The summed E-state index contributed by atoms with van der Waals surface area (Å²) in [6, 6.07) is 1.82. The van der Waals surface area contributed by atoms with Crippen LogP contribution in [0.3, 0.4) is 0 Å². The minimum absolute atomic E-state index is 0.0757. The molecule has 0 saturated heterocycles. The molecular weight excluding hydrogens is 326 g/mol. The molecule has 0 bridgehead atoms. The molecule has 2 aromatic heterocycles. The van der Waals surface area contributed by atoms with Gasteiger partial charge in [0, 0.05) is 19.2 Å². The molecule has 1 saturated carbocycles. The summed E-state index contributed by atoms with van der Waals surface area (Å²) in [6.07, 6.45) is 13.0. The fourth-order valence-electron chi connectivity index (χ4n) is 3.15. The quantitative estimate of drug-likeness (QED) is 0.915. The highest BCUT2D eigenvalue weighted by Gasteiger charge is 2.21. The summed E-state index contributed by atoms with van der Waals surface area (Å²) in [5.41, 5.74) is 1.84. The summed E-state index contributed by atoms with van der Waals surface area (Å²) in [5, 5.41) is 12.7. The molecule has 1 aliphatic rings. The van der Waals surface area contributed by atoms with Crippen LogP contribution in [0, 0.1) is 5.92 Å². The first-order valence-electron chi connectivity index (χ1n) is 9.04. The smallest absolute Gasteiger partial charge is 0.228 e. The van der Waals surface area contributed by atoms with E-state index in [1.165, 1.54) is 6.42 Å². The van der Waals surface area contributed by atoms with Crippen molar-refractivity contribution in [3.8, 4) is 0 Å². The van der Waals surface area contributed by atoms with Crippen molar-refractivity contribution in [1.29, 1.82) is 0 Å². The molecule has 2 heterocycles. The molecule has 0 aromatic carbocycles. The maximum absolute atomic E-state index is 12.3. The second-order valence-corrected chi connectivity index (χ2v) is 6.89. The number of carbonyl (C=O) groups excluding carboxylic acids is 1. The van der Waals surface area contributed by atoms with Crippen LogP contribution in [0.25, 0.3) is 18.2 Å². The normalized spacial score (nSPS) is 16.7. The zero-order chi connectivity index (χ0) is 18.5. The largest absolute Gasteiger partial charge is 0.310 e. The van der Waals surface area contributed by atoms with Gasteiger partial charge in [0.2, 0.25) is 5.91 Å². The van der Waals surface area contributed by atoms with E-state index in [0.29, 0.717) is 5.82 Å². The third-order valence-electron chi connectivity index (χ3n) is 4.77. The molecule has 0 unspecified atom stereocenters. The van der Waals surface area contributed by atoms with Crippen molar-refractivity contribution in [2.75, 3.05) is 5.32 Å². The number of nitrogens with zero attached hydrogens (tertiary/aromatic N) is 4. The molecule has 26 heavy (non-hydrogen) atoms. The fraction of sp³-hybridized carbons (Fsp3) is 0.400. The Morgan fingerprint density at radius 3 is 2.77 bits per heavy atom. The zero-order valence-corrected chi connectivity index (χ0v) is 15.4. The third kappa shape index (κ3) is 4.45. The summed E-state index contributed by atoms with van der Waals surface area (Å²) in [4.78, 5) is 16.7. The van der Waals surface area contributed by atoms with E-state index in [-0.39, 0.29) is 11.8 Å². The standard InChI is InChI=1S/C20H25N5O/c1-14(18-13-25(3)24-23-18)9-10-17-12-21-19(11-15(17)2)22-20(26)16-7-5-4-6-8-16/h9-13,16H,2,4-8H2,1,3H3,(H,22,26)/b14-9+,17-10-. The van der Waals surface area contributed by atoms with Crippen molar-refractivity contribution < 1.29 is 4.79 Å². The van der Waals surface area contributed by atoms with E-state index in [0.717, 1.165) is 47.4 Å². The Morgan fingerprint density at radius 1 is 1.35 bits per heavy atom. The van der Waals surface area contributed by atoms with Crippen LogP contribution in [0.15, 0.2) is 24.5 Å². The van der Waals surface area contributed by atoms with Crippen molar-refractivity contribution in [1.82, 2.24) is 20.0 Å². The van der Waals surface area contributed by atoms with E-state index >= 15 is 0 Å². The summed E-state index contributed by atoms with van der Waals surface area (Å²) in [7, 11) is 1.84. The second-order valence-electron chi connectivity index (χ2n) is 6.89. The maximum atomic E-state index is 12.3. The molecule has 0 aliphatic heterocycles. The van der Waals surface area contributed by atoms with E-state index in [1.807, 2.05) is 38.4 Å². The Balaban J connectivity index is 1.72. The average Bonchev–Trinajstić information content (AvgIpc) is 3.08. The first-order chi connectivity index (χ1) is 12.5. The molecule has 2 aromatic rings. The molecular formula is C20H25N5O. The molecule has 1 fully saturated rings. The number of anilines is 1. The molecule has 0 spiro atoms. The van der Waals surface area contributed by atoms with Gasteiger partial charge in [-0.15, -0.1) is 5.10 Å². The van der Waals surface area contributed by atoms with Gasteiger partial charge in [-0.25, -0.2) is 4.98 Å². The molecule has 136 valence electrons. The van der Waals surface area contributed by atoms with E-state index in [9.17, 15) is 4.79 Å². The highest BCUT2D eigenvalue weighted by atomic mass is 16.1. The lowest BCUT2D eigenvalue weighted by Gasteiger charge is -2.20. The Kier molecular flexibility index (Phi) is 5.61. The Labute approximate surface area is 153 Å². The van der Waals surface area contributed by atoms with Crippen molar-refractivity contribution in [3.05, 3.63) is 40.7 Å². The Hall–Kier alpha value is -2.76. The molecule has 1 aliphatic carbocycles. The van der Waals surface area contributed by atoms with Crippen molar-refractivity contribution >= 4 is 30.0 Å². The second kappa shape index (κ2) is 8.08. The van der Waals surface area contributed by atoms with E-state index in [2.05, 4.69) is 27.2 Å². The van der Waals surface area contributed by atoms with Gasteiger partial charge in [0.1, 0.15) is 11.5 Å². The van der Waals surface area contributed by atoms with Gasteiger partial charge in [-0.05, 0) is 41.8 Å². The van der Waals surface area contributed by atoms with Crippen molar-refractivity contribution in [3.63, 3.8) is 0 Å². The number of hydrogen-bond acceptors (Lipinski definition) is 4. The van der Waals surface area contributed by atoms with Crippen LogP contribution in [0.2, 0.25) is 0 Å². The summed E-state index contributed by atoms with van der Waals surface area (Å²) in [6.45, 7) is 6.05. The number of rotatable bonds is 4. The molecule has 1 amide bonds. The van der Waals surface area contributed by atoms with E-state index in [1.54, 1.807) is 10.9 Å². The summed E-state index contributed by atoms with van der Waals surface area (Å²) in [5.74, 6) is 0.756.